The van der Waals surface area contributed by atoms with Crippen LogP contribution >= 0.6 is 12.2 Å². The number of carbonyl (C=O) groups excluding carboxylic acids is 1. The highest BCUT2D eigenvalue weighted by molar-refractivity contribution is 7.80. The number of nitrogens with two attached hydrogens (primary N) is 1. The Kier molecular flexibility index (Phi) is 4.44. The molecule has 1 aromatic heterocycles. The summed E-state index contributed by atoms with van der Waals surface area (Å²) in [6.07, 6.45) is 1.51. The van der Waals surface area contributed by atoms with Crippen LogP contribution in [0.25, 0.3) is 0 Å². The summed E-state index contributed by atoms with van der Waals surface area (Å²) in [4.78, 5) is 21.7. The van der Waals surface area contributed by atoms with Crippen LogP contribution in [0.2, 0.25) is 0 Å². The fourth-order valence-electron chi connectivity index (χ4n) is 1.71. The smallest absolute Gasteiger partial charge is 0.376 e. The van der Waals surface area contributed by atoms with Crippen LogP contribution in [0, 0.1) is 0 Å². The lowest BCUT2D eigenvalue weighted by Crippen LogP contribution is -2.15. The third kappa shape index (κ3) is 3.32. The van der Waals surface area contributed by atoms with E-state index in [0.717, 1.165) is 11.3 Å². The number of rotatable bonds is 4. The van der Waals surface area contributed by atoms with Crippen LogP contribution < -0.4 is 10.6 Å². The van der Waals surface area contributed by atoms with E-state index in [9.17, 15) is 4.79 Å². The van der Waals surface area contributed by atoms with Gasteiger partial charge in [0.1, 0.15) is 10.8 Å². The van der Waals surface area contributed by atoms with Crippen molar-refractivity contribution in [3.63, 3.8) is 0 Å². The molecule has 0 saturated heterocycles. The van der Waals surface area contributed by atoms with Crippen LogP contribution in [-0.4, -0.2) is 35.1 Å². The molecule has 1 aromatic carbocycles. The second-order valence-corrected chi connectivity index (χ2v) is 4.64. The third-order valence-electron chi connectivity index (χ3n) is 2.89. The Bertz CT molecular complexity index is 673. The molecule has 1 heterocycles. The summed E-state index contributed by atoms with van der Waals surface area (Å²) in [5.41, 5.74) is 7.24. The summed E-state index contributed by atoms with van der Waals surface area (Å²) >= 11 is 4.92. The average molecular weight is 302 g/mol. The molecular weight excluding hydrogens is 288 g/mol. The predicted octanol–water partition coefficient (Wildman–Crippen LogP) is 1.67. The summed E-state index contributed by atoms with van der Waals surface area (Å²) in [5, 5.41) is 0. The monoisotopic (exact) mass is 302 g/mol. The van der Waals surface area contributed by atoms with Crippen molar-refractivity contribution in [3.8, 4) is 0 Å². The van der Waals surface area contributed by atoms with E-state index in [2.05, 4.69) is 14.7 Å². The van der Waals surface area contributed by atoms with Crippen molar-refractivity contribution >= 4 is 34.7 Å². The molecule has 0 fully saturated rings. The molecule has 0 saturated carbocycles. The van der Waals surface area contributed by atoms with Gasteiger partial charge in [0, 0.05) is 24.5 Å². The van der Waals surface area contributed by atoms with Gasteiger partial charge in [-0.2, -0.15) is 0 Å². The Hall–Kier alpha value is -2.54. The first kappa shape index (κ1) is 14.9. The predicted molar refractivity (Wildman–Crippen MR) is 83.8 cm³/mol. The fourth-order valence-corrected chi connectivity index (χ4v) is 1.84. The number of nitrogens with zero attached hydrogens (tertiary/aromatic N) is 3. The van der Waals surface area contributed by atoms with Gasteiger partial charge in [0.25, 0.3) is 0 Å². The molecule has 108 valence electrons. The van der Waals surface area contributed by atoms with Gasteiger partial charge < -0.3 is 15.4 Å². The number of ether oxygens (including phenoxy) is 1. The maximum atomic E-state index is 11.5. The highest BCUT2D eigenvalue weighted by Gasteiger charge is 2.12. The van der Waals surface area contributed by atoms with Crippen LogP contribution in [0.15, 0.2) is 36.5 Å². The number of thiocarbonyl (C=S) groups is 1. The lowest BCUT2D eigenvalue weighted by atomic mass is 10.2. The van der Waals surface area contributed by atoms with Gasteiger partial charge in [-0.3, -0.25) is 0 Å². The first-order chi connectivity index (χ1) is 10.0. The van der Waals surface area contributed by atoms with E-state index in [1.165, 1.54) is 13.3 Å². The topological polar surface area (TPSA) is 81.3 Å². The first-order valence-corrected chi connectivity index (χ1v) is 6.48. The number of anilines is 2. The Balaban J connectivity index is 2.29. The summed E-state index contributed by atoms with van der Waals surface area (Å²) < 4.78 is 4.61. The van der Waals surface area contributed by atoms with Crippen LogP contribution in [-0.2, 0) is 4.74 Å². The molecule has 21 heavy (non-hydrogen) atoms. The summed E-state index contributed by atoms with van der Waals surface area (Å²) in [5.74, 6) is 0.0177. The quantitative estimate of drug-likeness (QED) is 0.679. The molecule has 2 N–H and O–H groups in total. The largest absolute Gasteiger partial charge is 0.463 e. The minimum absolute atomic E-state index is 0.0154. The second-order valence-electron chi connectivity index (χ2n) is 4.20. The van der Waals surface area contributed by atoms with E-state index < -0.39 is 5.97 Å². The van der Waals surface area contributed by atoms with E-state index in [4.69, 9.17) is 18.0 Å². The zero-order valence-corrected chi connectivity index (χ0v) is 12.4. The van der Waals surface area contributed by atoms with Crippen LogP contribution in [0.4, 0.5) is 11.5 Å². The van der Waals surface area contributed by atoms with E-state index >= 15 is 0 Å². The molecule has 0 bridgehead atoms. The second kappa shape index (κ2) is 6.27. The third-order valence-corrected chi connectivity index (χ3v) is 3.13. The van der Waals surface area contributed by atoms with Gasteiger partial charge in [0.15, 0.2) is 0 Å². The number of aromatic nitrogens is 2. The first-order valence-electron chi connectivity index (χ1n) is 6.08. The highest BCUT2D eigenvalue weighted by atomic mass is 32.1. The molecule has 0 amide bonds. The molecule has 0 unspecified atom stereocenters. The van der Waals surface area contributed by atoms with Crippen molar-refractivity contribution in [1.82, 2.24) is 9.97 Å². The number of hydrogen-bond donors (Lipinski definition) is 1. The zero-order valence-electron chi connectivity index (χ0n) is 11.6. The molecule has 0 aliphatic heterocycles. The maximum Gasteiger partial charge on any atom is 0.376 e. The summed E-state index contributed by atoms with van der Waals surface area (Å²) in [6, 6.07) is 9.10. The molecule has 2 rings (SSSR count). The zero-order chi connectivity index (χ0) is 15.4. The Morgan fingerprint density at radius 3 is 2.52 bits per heavy atom. The van der Waals surface area contributed by atoms with Crippen molar-refractivity contribution in [2.45, 2.75) is 0 Å². The van der Waals surface area contributed by atoms with Crippen molar-refractivity contribution < 1.29 is 9.53 Å². The van der Waals surface area contributed by atoms with Gasteiger partial charge in [0.05, 0.1) is 7.11 Å². The fraction of sp³-hybridized carbons (Fsp3) is 0.143. The molecule has 0 atom stereocenters. The number of methoxy groups -OCH3 is 1. The normalized spacial score (nSPS) is 10.0. The summed E-state index contributed by atoms with van der Waals surface area (Å²) in [7, 11) is 3.12. The Labute approximate surface area is 127 Å². The highest BCUT2D eigenvalue weighted by Crippen LogP contribution is 2.21. The van der Waals surface area contributed by atoms with Gasteiger partial charge in [-0.1, -0.05) is 12.2 Å². The standard InChI is InChI=1S/C14H14N4O2S/c1-18(10-5-3-9(4-6-10)12(15)21)11-7-8-16-13(17-11)14(19)20-2/h3-8H,1-2H3,(H2,15,21). The maximum absolute atomic E-state index is 11.5. The minimum atomic E-state index is -0.575. The lowest BCUT2D eigenvalue weighted by Gasteiger charge is -2.18. The molecule has 2 aromatic rings. The molecule has 0 radical (unpaired) electrons. The van der Waals surface area contributed by atoms with E-state index in [1.54, 1.807) is 6.07 Å². The number of benzene rings is 1. The van der Waals surface area contributed by atoms with Gasteiger partial charge in [-0.15, -0.1) is 0 Å². The van der Waals surface area contributed by atoms with Gasteiger partial charge >= 0.3 is 5.97 Å². The van der Waals surface area contributed by atoms with Crippen molar-refractivity contribution in [2.75, 3.05) is 19.1 Å². The van der Waals surface area contributed by atoms with Gasteiger partial charge in [-0.05, 0) is 30.3 Å². The molecule has 0 spiro atoms. The molecule has 6 nitrogen and oxygen atoms in total. The molecule has 7 heteroatoms. The minimum Gasteiger partial charge on any atom is -0.463 e. The Morgan fingerprint density at radius 2 is 1.95 bits per heavy atom. The van der Waals surface area contributed by atoms with Crippen molar-refractivity contribution in [1.29, 1.82) is 0 Å². The van der Waals surface area contributed by atoms with Crippen LogP contribution in [0.1, 0.15) is 16.2 Å². The van der Waals surface area contributed by atoms with Crippen molar-refractivity contribution in [2.24, 2.45) is 5.73 Å². The van der Waals surface area contributed by atoms with E-state index in [0.29, 0.717) is 10.8 Å². The van der Waals surface area contributed by atoms with Crippen LogP contribution in [0.5, 0.6) is 0 Å². The molecule has 0 aliphatic carbocycles. The van der Waals surface area contributed by atoms with E-state index in [1.807, 2.05) is 36.2 Å². The van der Waals surface area contributed by atoms with Crippen molar-refractivity contribution in [3.05, 3.63) is 47.9 Å². The number of esters is 1. The summed E-state index contributed by atoms with van der Waals surface area (Å²) in [6.45, 7) is 0. The molecule has 0 aliphatic rings. The van der Waals surface area contributed by atoms with Crippen LogP contribution in [0.3, 0.4) is 0 Å². The van der Waals surface area contributed by atoms with Gasteiger partial charge in [-0.25, -0.2) is 14.8 Å². The molecular formula is C14H14N4O2S. The lowest BCUT2D eigenvalue weighted by molar-refractivity contribution is 0.0587. The Morgan fingerprint density at radius 1 is 1.29 bits per heavy atom. The average Bonchev–Trinajstić information content (AvgIpc) is 2.53. The number of carbonyl (C=O) groups is 1. The SMILES string of the molecule is COC(=O)c1nccc(N(C)c2ccc(C(N)=S)cc2)n1. The number of hydrogen-bond acceptors (Lipinski definition) is 6. The van der Waals surface area contributed by atoms with E-state index in [-0.39, 0.29) is 5.82 Å². The van der Waals surface area contributed by atoms with Gasteiger partial charge in [0.2, 0.25) is 5.82 Å².